The summed E-state index contributed by atoms with van der Waals surface area (Å²) in [5.74, 6) is 1.60. The summed E-state index contributed by atoms with van der Waals surface area (Å²) in [6.45, 7) is 8.27. The Balaban J connectivity index is 0.00000144. The van der Waals surface area contributed by atoms with E-state index < -0.39 is 0 Å². The Kier molecular flexibility index (Phi) is 4.60. The molecule has 1 saturated heterocycles. The Hall–Kier alpha value is -1.000. The van der Waals surface area contributed by atoms with Crippen LogP contribution in [0.2, 0.25) is 0 Å². The molecule has 1 unspecified atom stereocenters. The number of nitrogens with zero attached hydrogens (tertiary/aromatic N) is 1. The molecule has 1 fully saturated rings. The number of rotatable bonds is 1. The van der Waals surface area contributed by atoms with E-state index in [-0.39, 0.29) is 24.4 Å². The minimum absolute atomic E-state index is 0. The van der Waals surface area contributed by atoms with Crippen molar-refractivity contribution in [1.29, 1.82) is 0 Å². The van der Waals surface area contributed by atoms with Crippen LogP contribution >= 0.6 is 12.4 Å². The quantitative estimate of drug-likeness (QED) is 0.835. The molecule has 1 aromatic rings. The largest absolute Gasteiger partial charge is 0.466 e. The molecule has 1 amide bonds. The summed E-state index contributed by atoms with van der Waals surface area (Å²) < 4.78 is 5.40. The third-order valence-electron chi connectivity index (χ3n) is 3.03. The zero-order valence-electron chi connectivity index (χ0n) is 10.4. The second-order valence-corrected chi connectivity index (χ2v) is 4.38. The minimum Gasteiger partial charge on any atom is -0.466 e. The van der Waals surface area contributed by atoms with Crippen LogP contribution in [-0.2, 0) is 0 Å². The van der Waals surface area contributed by atoms with Crippen LogP contribution in [0.3, 0.4) is 0 Å². The van der Waals surface area contributed by atoms with Gasteiger partial charge in [0.1, 0.15) is 11.5 Å². The average molecular weight is 259 g/mol. The third kappa shape index (κ3) is 2.82. The lowest BCUT2D eigenvalue weighted by Gasteiger charge is -2.33. The lowest BCUT2D eigenvalue weighted by molar-refractivity contribution is 0.0654. The highest BCUT2D eigenvalue weighted by molar-refractivity contribution is 5.95. The molecule has 5 heteroatoms. The van der Waals surface area contributed by atoms with Crippen LogP contribution in [-0.4, -0.2) is 36.5 Å². The molecular weight excluding hydrogens is 240 g/mol. The van der Waals surface area contributed by atoms with E-state index >= 15 is 0 Å². The topological polar surface area (TPSA) is 45.5 Å². The molecule has 96 valence electrons. The van der Waals surface area contributed by atoms with Gasteiger partial charge in [-0.2, -0.15) is 0 Å². The molecule has 4 nitrogen and oxygen atoms in total. The molecule has 1 aliphatic heterocycles. The maximum absolute atomic E-state index is 12.3. The van der Waals surface area contributed by atoms with E-state index in [0.29, 0.717) is 11.3 Å². The maximum Gasteiger partial charge on any atom is 0.257 e. The first-order chi connectivity index (χ1) is 7.59. The number of carbonyl (C=O) groups excluding carboxylic acids is 1. The first-order valence-corrected chi connectivity index (χ1v) is 5.68. The lowest BCUT2D eigenvalue weighted by atomic mass is 10.1. The van der Waals surface area contributed by atoms with Gasteiger partial charge in [-0.25, -0.2) is 0 Å². The summed E-state index contributed by atoms with van der Waals surface area (Å²) in [6, 6.07) is 2.07. The summed E-state index contributed by atoms with van der Waals surface area (Å²) >= 11 is 0. The molecule has 2 rings (SSSR count). The van der Waals surface area contributed by atoms with E-state index in [2.05, 4.69) is 12.2 Å². The van der Waals surface area contributed by atoms with Gasteiger partial charge in [-0.05, 0) is 26.8 Å². The second kappa shape index (κ2) is 5.56. The zero-order valence-corrected chi connectivity index (χ0v) is 11.3. The SMILES string of the molecule is Cc1cc(C(=O)N2CCNCC2C)c(C)o1.Cl. The van der Waals surface area contributed by atoms with Crippen LogP contribution in [0.1, 0.15) is 28.8 Å². The van der Waals surface area contributed by atoms with E-state index in [9.17, 15) is 4.79 Å². The molecule has 0 bridgehead atoms. The Bertz CT molecular complexity index is 403. The molecule has 17 heavy (non-hydrogen) atoms. The van der Waals surface area contributed by atoms with Crippen LogP contribution in [0.4, 0.5) is 0 Å². The van der Waals surface area contributed by atoms with Gasteiger partial charge in [0.2, 0.25) is 0 Å². The van der Waals surface area contributed by atoms with Crippen LogP contribution in [0, 0.1) is 13.8 Å². The van der Waals surface area contributed by atoms with Crippen molar-refractivity contribution < 1.29 is 9.21 Å². The van der Waals surface area contributed by atoms with Crippen molar-refractivity contribution in [3.63, 3.8) is 0 Å². The number of carbonyl (C=O) groups is 1. The van der Waals surface area contributed by atoms with Crippen molar-refractivity contribution in [2.75, 3.05) is 19.6 Å². The van der Waals surface area contributed by atoms with E-state index in [1.807, 2.05) is 24.8 Å². The van der Waals surface area contributed by atoms with Gasteiger partial charge in [-0.1, -0.05) is 0 Å². The number of hydrogen-bond donors (Lipinski definition) is 1. The summed E-state index contributed by atoms with van der Waals surface area (Å²) in [6.07, 6.45) is 0. The Labute approximate surface area is 108 Å². The van der Waals surface area contributed by atoms with Crippen LogP contribution < -0.4 is 5.32 Å². The van der Waals surface area contributed by atoms with Gasteiger partial charge < -0.3 is 14.6 Å². The molecule has 1 atom stereocenters. The highest BCUT2D eigenvalue weighted by Gasteiger charge is 2.26. The van der Waals surface area contributed by atoms with Crippen molar-refractivity contribution in [2.45, 2.75) is 26.8 Å². The number of halogens is 1. The summed E-state index contributed by atoms with van der Waals surface area (Å²) in [5.41, 5.74) is 0.700. The van der Waals surface area contributed by atoms with Gasteiger partial charge in [0, 0.05) is 25.7 Å². The summed E-state index contributed by atoms with van der Waals surface area (Å²) in [7, 11) is 0. The fourth-order valence-corrected chi connectivity index (χ4v) is 2.14. The second-order valence-electron chi connectivity index (χ2n) is 4.38. The van der Waals surface area contributed by atoms with Gasteiger partial charge >= 0.3 is 0 Å². The van der Waals surface area contributed by atoms with Gasteiger partial charge in [0.15, 0.2) is 0 Å². The van der Waals surface area contributed by atoms with Crippen molar-refractivity contribution in [2.24, 2.45) is 0 Å². The minimum atomic E-state index is 0. The average Bonchev–Trinajstić information content (AvgIpc) is 2.58. The predicted octanol–water partition coefficient (Wildman–Crippen LogP) is 1.75. The van der Waals surface area contributed by atoms with Crippen LogP contribution in [0.15, 0.2) is 10.5 Å². The fourth-order valence-electron chi connectivity index (χ4n) is 2.14. The first kappa shape index (κ1) is 14.1. The molecule has 1 aliphatic rings. The molecule has 0 radical (unpaired) electrons. The maximum atomic E-state index is 12.3. The van der Waals surface area contributed by atoms with Crippen molar-refractivity contribution in [1.82, 2.24) is 10.2 Å². The van der Waals surface area contributed by atoms with Crippen molar-refractivity contribution in [3.8, 4) is 0 Å². The number of nitrogens with one attached hydrogen (secondary N) is 1. The van der Waals surface area contributed by atoms with Crippen LogP contribution in [0.25, 0.3) is 0 Å². The van der Waals surface area contributed by atoms with E-state index in [1.54, 1.807) is 0 Å². The van der Waals surface area contributed by atoms with Gasteiger partial charge in [-0.15, -0.1) is 12.4 Å². The van der Waals surface area contributed by atoms with Crippen molar-refractivity contribution >= 4 is 18.3 Å². The van der Waals surface area contributed by atoms with E-state index in [1.165, 1.54) is 0 Å². The molecule has 0 spiro atoms. The smallest absolute Gasteiger partial charge is 0.257 e. The molecular formula is C12H19ClN2O2. The van der Waals surface area contributed by atoms with Crippen LogP contribution in [0.5, 0.6) is 0 Å². The molecule has 0 aromatic carbocycles. The summed E-state index contributed by atoms with van der Waals surface area (Å²) in [4.78, 5) is 14.2. The number of aryl methyl sites for hydroxylation is 2. The van der Waals surface area contributed by atoms with Gasteiger partial charge in [-0.3, -0.25) is 4.79 Å². The third-order valence-corrected chi connectivity index (χ3v) is 3.03. The normalized spacial score (nSPS) is 19.9. The summed E-state index contributed by atoms with van der Waals surface area (Å²) in [5, 5.41) is 3.27. The highest BCUT2D eigenvalue weighted by atomic mass is 35.5. The zero-order chi connectivity index (χ0) is 11.7. The lowest BCUT2D eigenvalue weighted by Crippen LogP contribution is -2.52. The van der Waals surface area contributed by atoms with Crippen molar-refractivity contribution in [3.05, 3.63) is 23.2 Å². The van der Waals surface area contributed by atoms with Gasteiger partial charge in [0.05, 0.1) is 5.56 Å². The Morgan fingerprint density at radius 3 is 2.76 bits per heavy atom. The first-order valence-electron chi connectivity index (χ1n) is 5.68. The molecule has 2 heterocycles. The molecule has 0 aliphatic carbocycles. The van der Waals surface area contributed by atoms with E-state index in [4.69, 9.17) is 4.42 Å². The Morgan fingerprint density at radius 2 is 2.24 bits per heavy atom. The Morgan fingerprint density at radius 1 is 1.53 bits per heavy atom. The molecule has 0 saturated carbocycles. The number of hydrogen-bond acceptors (Lipinski definition) is 3. The molecule has 1 aromatic heterocycles. The molecule has 1 N–H and O–H groups in total. The van der Waals surface area contributed by atoms with E-state index in [0.717, 1.165) is 25.4 Å². The number of piperazine rings is 1. The standard InChI is InChI=1S/C12H18N2O2.ClH/c1-8-7-13-4-5-14(8)12(15)11-6-9(2)16-10(11)3;/h6,8,13H,4-5,7H2,1-3H3;1H. The predicted molar refractivity (Wildman–Crippen MR) is 68.8 cm³/mol. The monoisotopic (exact) mass is 258 g/mol. The number of furan rings is 1. The van der Waals surface area contributed by atoms with Gasteiger partial charge in [0.25, 0.3) is 5.91 Å². The fraction of sp³-hybridized carbons (Fsp3) is 0.583. The number of amides is 1. The highest BCUT2D eigenvalue weighted by Crippen LogP contribution is 2.17.